The van der Waals surface area contributed by atoms with Crippen molar-refractivity contribution in [1.29, 1.82) is 0 Å². The molecule has 1 unspecified atom stereocenters. The molecule has 0 saturated carbocycles. The Hall–Kier alpha value is -3.20. The topological polar surface area (TPSA) is 79.1 Å². The Kier molecular flexibility index (Phi) is 7.31. The second-order valence-corrected chi connectivity index (χ2v) is 8.98. The van der Waals surface area contributed by atoms with Crippen molar-refractivity contribution in [2.45, 2.75) is 13.0 Å². The molecule has 1 atom stereocenters. The Balaban J connectivity index is 1.85. The lowest BCUT2D eigenvalue weighted by Gasteiger charge is -2.24. The minimum atomic E-state index is -0.693. The number of nitrogens with zero attached hydrogens (tertiary/aromatic N) is 2. The van der Waals surface area contributed by atoms with E-state index in [4.69, 9.17) is 25.8 Å². The van der Waals surface area contributed by atoms with Crippen molar-refractivity contribution in [2.75, 3.05) is 27.4 Å². The van der Waals surface area contributed by atoms with Crippen LogP contribution >= 0.6 is 22.9 Å². The summed E-state index contributed by atoms with van der Waals surface area (Å²) in [5.74, 6) is 0.191. The van der Waals surface area contributed by atoms with Gasteiger partial charge in [0, 0.05) is 12.1 Å². The van der Waals surface area contributed by atoms with Crippen LogP contribution in [0.25, 0.3) is 6.08 Å². The smallest absolute Gasteiger partial charge is 0.338 e. The average molecular weight is 499 g/mol. The number of aromatic nitrogens is 1. The lowest BCUT2D eigenvalue weighted by atomic mass is 9.96. The van der Waals surface area contributed by atoms with Gasteiger partial charge in [-0.15, -0.1) is 0 Å². The third kappa shape index (κ3) is 4.84. The Morgan fingerprint density at radius 3 is 2.47 bits per heavy atom. The first-order valence-corrected chi connectivity index (χ1v) is 11.7. The normalized spacial score (nSPS) is 15.6. The summed E-state index contributed by atoms with van der Waals surface area (Å²) in [7, 11) is 3.13. The Morgan fingerprint density at radius 2 is 1.82 bits per heavy atom. The van der Waals surface area contributed by atoms with Gasteiger partial charge in [0.05, 0.1) is 35.6 Å². The number of carbonyl (C=O) groups excluding carboxylic acids is 1. The highest BCUT2D eigenvalue weighted by atomic mass is 35.5. The summed E-state index contributed by atoms with van der Waals surface area (Å²) in [5, 5.41) is 0.556. The Bertz CT molecular complexity index is 1410. The predicted octanol–water partition coefficient (Wildman–Crippen LogP) is 3.09. The van der Waals surface area contributed by atoms with Crippen LogP contribution < -0.4 is 19.6 Å². The standard InChI is InChI=1S/C25H23ClN2O5S/c1-15-21(24(30)33-13-12-31-2)22(17-6-8-18(26)9-7-17)28-23(29)20(34-25(28)27-15)14-16-4-10-19(32-3)11-5-16/h4-11,14,22H,12-13H2,1-3H3/b20-14-. The summed E-state index contributed by atoms with van der Waals surface area (Å²) >= 11 is 7.37. The molecule has 2 heterocycles. The zero-order chi connectivity index (χ0) is 24.2. The van der Waals surface area contributed by atoms with Gasteiger partial charge in [0.25, 0.3) is 5.56 Å². The van der Waals surface area contributed by atoms with E-state index in [0.29, 0.717) is 25.6 Å². The molecule has 2 aromatic carbocycles. The second kappa shape index (κ2) is 10.4. The molecule has 1 aliphatic heterocycles. The summed E-state index contributed by atoms with van der Waals surface area (Å²) in [6.07, 6.45) is 1.80. The van der Waals surface area contributed by atoms with Gasteiger partial charge in [-0.2, -0.15) is 0 Å². The van der Waals surface area contributed by atoms with Gasteiger partial charge in [0.2, 0.25) is 0 Å². The Labute approximate surface area is 205 Å². The third-order valence-electron chi connectivity index (χ3n) is 5.36. The van der Waals surface area contributed by atoms with Gasteiger partial charge < -0.3 is 14.2 Å². The SMILES string of the molecule is COCCOC(=O)C1=C(C)N=c2s/c(=C\c3ccc(OC)cc3)c(=O)n2C1c1ccc(Cl)cc1. The molecule has 9 heteroatoms. The van der Waals surface area contributed by atoms with E-state index >= 15 is 0 Å². The van der Waals surface area contributed by atoms with E-state index in [-0.39, 0.29) is 18.8 Å². The number of carbonyl (C=O) groups is 1. The third-order valence-corrected chi connectivity index (χ3v) is 6.60. The zero-order valence-corrected chi connectivity index (χ0v) is 20.5. The number of hydrogen-bond donors (Lipinski definition) is 0. The number of fused-ring (bicyclic) bond motifs is 1. The fourth-order valence-corrected chi connectivity index (χ4v) is 4.86. The minimum Gasteiger partial charge on any atom is -0.497 e. The van der Waals surface area contributed by atoms with Gasteiger partial charge in [-0.25, -0.2) is 9.79 Å². The van der Waals surface area contributed by atoms with Crippen LogP contribution in [0.3, 0.4) is 0 Å². The highest BCUT2D eigenvalue weighted by Gasteiger charge is 2.33. The molecule has 0 N–H and O–H groups in total. The molecule has 7 nitrogen and oxygen atoms in total. The molecular weight excluding hydrogens is 476 g/mol. The van der Waals surface area contributed by atoms with Crippen LogP contribution in [0.15, 0.2) is 69.6 Å². The number of hydrogen-bond acceptors (Lipinski definition) is 7. The predicted molar refractivity (Wildman–Crippen MR) is 131 cm³/mol. The van der Waals surface area contributed by atoms with Crippen LogP contribution in [-0.4, -0.2) is 38.0 Å². The number of ether oxygens (including phenoxy) is 3. The quantitative estimate of drug-likeness (QED) is 0.369. The molecule has 1 aromatic heterocycles. The first kappa shape index (κ1) is 23.9. The molecule has 3 aromatic rings. The second-order valence-electron chi connectivity index (χ2n) is 7.54. The first-order chi connectivity index (χ1) is 16.4. The minimum absolute atomic E-state index is 0.0986. The molecule has 4 rings (SSSR count). The van der Waals surface area contributed by atoms with Crippen molar-refractivity contribution in [3.8, 4) is 5.75 Å². The average Bonchev–Trinajstić information content (AvgIpc) is 3.13. The van der Waals surface area contributed by atoms with Crippen LogP contribution in [0.1, 0.15) is 24.1 Å². The van der Waals surface area contributed by atoms with E-state index < -0.39 is 12.0 Å². The molecule has 176 valence electrons. The zero-order valence-electron chi connectivity index (χ0n) is 18.9. The maximum Gasteiger partial charge on any atom is 0.338 e. The lowest BCUT2D eigenvalue weighted by molar-refractivity contribution is -0.140. The number of methoxy groups -OCH3 is 2. The Morgan fingerprint density at radius 1 is 1.12 bits per heavy atom. The largest absolute Gasteiger partial charge is 0.497 e. The van der Waals surface area contributed by atoms with Gasteiger partial charge >= 0.3 is 5.97 Å². The van der Waals surface area contributed by atoms with Crippen molar-refractivity contribution in [2.24, 2.45) is 4.99 Å². The van der Waals surface area contributed by atoms with Crippen LogP contribution in [-0.2, 0) is 14.3 Å². The van der Waals surface area contributed by atoms with Gasteiger partial charge in [0.15, 0.2) is 4.80 Å². The van der Waals surface area contributed by atoms with Gasteiger partial charge in [-0.3, -0.25) is 9.36 Å². The number of allylic oxidation sites excluding steroid dienone is 1. The van der Waals surface area contributed by atoms with Gasteiger partial charge in [-0.05, 0) is 48.4 Å². The van der Waals surface area contributed by atoms with Gasteiger partial charge in [0.1, 0.15) is 12.4 Å². The molecule has 0 radical (unpaired) electrons. The van der Waals surface area contributed by atoms with E-state index in [1.165, 1.54) is 18.4 Å². The molecule has 0 spiro atoms. The van der Waals surface area contributed by atoms with Crippen molar-refractivity contribution >= 4 is 35.0 Å². The van der Waals surface area contributed by atoms with Crippen LogP contribution in [0.5, 0.6) is 5.75 Å². The highest BCUT2D eigenvalue weighted by molar-refractivity contribution is 7.07. The number of benzene rings is 2. The molecule has 34 heavy (non-hydrogen) atoms. The molecular formula is C25H23ClN2O5S. The maximum atomic E-state index is 13.6. The molecule has 0 aliphatic carbocycles. The summed E-state index contributed by atoms with van der Waals surface area (Å²) in [5.41, 5.74) is 2.15. The number of thiazole rings is 1. The van der Waals surface area contributed by atoms with Crippen molar-refractivity contribution in [1.82, 2.24) is 4.57 Å². The van der Waals surface area contributed by atoms with E-state index in [1.807, 2.05) is 24.3 Å². The van der Waals surface area contributed by atoms with E-state index in [9.17, 15) is 9.59 Å². The van der Waals surface area contributed by atoms with Gasteiger partial charge in [-0.1, -0.05) is 47.2 Å². The van der Waals surface area contributed by atoms with E-state index in [0.717, 1.165) is 16.9 Å². The molecule has 0 amide bonds. The van der Waals surface area contributed by atoms with Crippen molar-refractivity contribution in [3.63, 3.8) is 0 Å². The summed E-state index contributed by atoms with van der Waals surface area (Å²) < 4.78 is 17.6. The number of esters is 1. The maximum absolute atomic E-state index is 13.6. The summed E-state index contributed by atoms with van der Waals surface area (Å²) in [4.78, 5) is 31.7. The van der Waals surface area contributed by atoms with Crippen LogP contribution in [0.4, 0.5) is 0 Å². The fourth-order valence-electron chi connectivity index (χ4n) is 3.69. The number of halogens is 1. The lowest BCUT2D eigenvalue weighted by Crippen LogP contribution is -2.40. The van der Waals surface area contributed by atoms with Crippen molar-refractivity contribution in [3.05, 3.63) is 95.6 Å². The molecule has 0 saturated heterocycles. The fraction of sp³-hybridized carbons (Fsp3) is 0.240. The van der Waals surface area contributed by atoms with E-state index in [2.05, 4.69) is 4.99 Å². The summed E-state index contributed by atoms with van der Waals surface area (Å²) in [6.45, 7) is 2.11. The molecule has 1 aliphatic rings. The molecule has 0 bridgehead atoms. The van der Waals surface area contributed by atoms with E-state index in [1.54, 1.807) is 48.9 Å². The first-order valence-electron chi connectivity index (χ1n) is 10.5. The van der Waals surface area contributed by atoms with Crippen LogP contribution in [0.2, 0.25) is 5.02 Å². The monoisotopic (exact) mass is 498 g/mol. The molecule has 0 fully saturated rings. The van der Waals surface area contributed by atoms with Crippen LogP contribution in [0, 0.1) is 0 Å². The highest BCUT2D eigenvalue weighted by Crippen LogP contribution is 2.31. The summed E-state index contributed by atoms with van der Waals surface area (Å²) in [6, 6.07) is 13.8. The van der Waals surface area contributed by atoms with Crippen molar-refractivity contribution < 1.29 is 19.0 Å². The number of rotatable bonds is 7.